The molecule has 1 heterocycles. The highest BCUT2D eigenvalue weighted by Gasteiger charge is 2.40. The molecule has 1 aliphatic rings. The molecule has 2 aromatic rings. The molecule has 0 spiro atoms. The van der Waals surface area contributed by atoms with Crippen molar-refractivity contribution in [1.82, 2.24) is 9.80 Å². The molecule has 0 bridgehead atoms. The van der Waals surface area contributed by atoms with Crippen LogP contribution in [0.3, 0.4) is 0 Å². The fourth-order valence-electron chi connectivity index (χ4n) is 3.95. The van der Waals surface area contributed by atoms with Crippen LogP contribution in [-0.2, 0) is 20.9 Å². The first-order valence-electron chi connectivity index (χ1n) is 12.1. The van der Waals surface area contributed by atoms with E-state index < -0.39 is 18.2 Å². The predicted octanol–water partition coefficient (Wildman–Crippen LogP) is 4.34. The molecule has 1 N–H and O–H groups in total. The summed E-state index contributed by atoms with van der Waals surface area (Å²) in [5.74, 6) is -0.504. The number of benzene rings is 2. The Labute approximate surface area is 213 Å². The zero-order valence-corrected chi connectivity index (χ0v) is 21.5. The molecule has 0 radical (unpaired) electrons. The summed E-state index contributed by atoms with van der Waals surface area (Å²) in [6.07, 6.45) is 0.966. The van der Waals surface area contributed by atoms with E-state index in [4.69, 9.17) is 4.74 Å². The molecule has 2 aromatic carbocycles. The van der Waals surface area contributed by atoms with Crippen molar-refractivity contribution < 1.29 is 19.1 Å². The third-order valence-corrected chi connectivity index (χ3v) is 5.96. The zero-order valence-electron chi connectivity index (χ0n) is 21.5. The molecule has 0 aliphatic carbocycles. The lowest BCUT2D eigenvalue weighted by molar-refractivity contribution is -0.136. The van der Waals surface area contributed by atoms with Crippen LogP contribution in [-0.4, -0.2) is 60.8 Å². The second kappa shape index (κ2) is 14.5. The van der Waals surface area contributed by atoms with E-state index in [0.29, 0.717) is 12.8 Å². The van der Waals surface area contributed by atoms with E-state index in [1.165, 1.54) is 16.8 Å². The number of amides is 2. The third-order valence-electron chi connectivity index (χ3n) is 5.96. The molecule has 1 saturated heterocycles. The van der Waals surface area contributed by atoms with E-state index in [2.05, 4.69) is 11.4 Å². The van der Waals surface area contributed by atoms with E-state index in [1.807, 2.05) is 81.6 Å². The molecule has 3 atom stereocenters. The monoisotopic (exact) mass is 492 g/mol. The average Bonchev–Trinajstić information content (AvgIpc) is 3.34. The van der Waals surface area contributed by atoms with Crippen molar-refractivity contribution in [2.24, 2.45) is 11.8 Å². The van der Waals surface area contributed by atoms with Crippen LogP contribution in [0.5, 0.6) is 0 Å². The van der Waals surface area contributed by atoms with Crippen molar-refractivity contribution in [3.05, 3.63) is 66.2 Å². The fourth-order valence-corrected chi connectivity index (χ4v) is 3.95. The first kappa shape index (κ1) is 28.4. The summed E-state index contributed by atoms with van der Waals surface area (Å²) in [6.45, 7) is 4.25. The molecule has 1 aliphatic heterocycles. The van der Waals surface area contributed by atoms with Gasteiger partial charge in [-0.05, 0) is 36.5 Å². The van der Waals surface area contributed by atoms with Crippen LogP contribution in [0.4, 0.5) is 10.5 Å². The van der Waals surface area contributed by atoms with Gasteiger partial charge in [0.05, 0.1) is 6.07 Å². The standard InChI is InChI=1S/C21H27N3O4.C7H9N/c1-15(2)9-19(20(26)24-12-17(13-25)10-18(24)11-22)23(3)21(27)28-14-16-7-5-4-6-8-16;1-8-7-5-3-2-4-6-7/h4-8,13,15,17-19H,9-10,12,14H2,1-3H3;2-6,8H,1H3. The average molecular weight is 493 g/mol. The SMILES string of the molecule is CC(C)CC(C(=O)N1CC(C=O)CC1C#N)N(C)C(=O)OCc1ccccc1.CNc1ccccc1. The van der Waals surface area contributed by atoms with Crippen LogP contribution in [0.15, 0.2) is 60.7 Å². The fraction of sp³-hybridized carbons (Fsp3) is 0.429. The maximum Gasteiger partial charge on any atom is 0.410 e. The molecule has 0 aromatic heterocycles. The molecule has 1 fully saturated rings. The number of nitrogens with one attached hydrogen (secondary N) is 1. The Hall–Kier alpha value is -3.86. The normalized spacial score (nSPS) is 17.3. The number of aldehydes is 1. The summed E-state index contributed by atoms with van der Waals surface area (Å²) < 4.78 is 5.36. The lowest BCUT2D eigenvalue weighted by Crippen LogP contribution is -2.51. The first-order valence-corrected chi connectivity index (χ1v) is 12.1. The van der Waals surface area contributed by atoms with Crippen LogP contribution in [0, 0.1) is 23.2 Å². The van der Waals surface area contributed by atoms with Gasteiger partial charge in [0, 0.05) is 32.2 Å². The summed E-state index contributed by atoms with van der Waals surface area (Å²) in [5.41, 5.74) is 2.02. The van der Waals surface area contributed by atoms with Crippen molar-refractivity contribution in [1.29, 1.82) is 5.26 Å². The number of nitriles is 1. The highest BCUT2D eigenvalue weighted by atomic mass is 16.6. The van der Waals surface area contributed by atoms with Crippen LogP contribution in [0.1, 0.15) is 32.3 Å². The first-order chi connectivity index (χ1) is 17.3. The number of anilines is 1. The minimum atomic E-state index is -0.746. The maximum absolute atomic E-state index is 13.1. The van der Waals surface area contributed by atoms with Crippen LogP contribution in [0.2, 0.25) is 0 Å². The van der Waals surface area contributed by atoms with Gasteiger partial charge >= 0.3 is 6.09 Å². The van der Waals surface area contributed by atoms with Gasteiger partial charge in [0.2, 0.25) is 5.91 Å². The van der Waals surface area contributed by atoms with Crippen molar-refractivity contribution in [2.75, 3.05) is 26.0 Å². The van der Waals surface area contributed by atoms with E-state index >= 15 is 0 Å². The van der Waals surface area contributed by atoms with Gasteiger partial charge in [-0.3, -0.25) is 9.69 Å². The molecule has 2 amide bonds. The van der Waals surface area contributed by atoms with Crippen molar-refractivity contribution in [3.8, 4) is 6.07 Å². The maximum atomic E-state index is 13.1. The van der Waals surface area contributed by atoms with E-state index in [-0.39, 0.29) is 30.9 Å². The Morgan fingerprint density at radius 3 is 2.28 bits per heavy atom. The summed E-state index contributed by atoms with van der Waals surface area (Å²) in [5, 5.41) is 12.4. The number of carbonyl (C=O) groups excluding carboxylic acids is 3. The van der Waals surface area contributed by atoms with Gasteiger partial charge in [-0.25, -0.2) is 4.79 Å². The molecule has 0 saturated carbocycles. The Kier molecular flexibility index (Phi) is 11.4. The van der Waals surface area contributed by atoms with E-state index in [0.717, 1.165) is 17.5 Å². The number of likely N-dealkylation sites (tertiary alicyclic amines) is 1. The number of hydrogen-bond donors (Lipinski definition) is 1. The third kappa shape index (κ3) is 8.42. The number of carbonyl (C=O) groups is 3. The Balaban J connectivity index is 0.000000482. The highest BCUT2D eigenvalue weighted by Crippen LogP contribution is 2.25. The van der Waals surface area contributed by atoms with Crippen LogP contribution >= 0.6 is 0 Å². The second-order valence-electron chi connectivity index (χ2n) is 9.18. The van der Waals surface area contributed by atoms with Crippen LogP contribution < -0.4 is 5.32 Å². The molecule has 8 nitrogen and oxygen atoms in total. The topological polar surface area (TPSA) is 103 Å². The minimum absolute atomic E-state index is 0.115. The van der Waals surface area contributed by atoms with E-state index in [9.17, 15) is 19.6 Å². The summed E-state index contributed by atoms with van der Waals surface area (Å²) in [7, 11) is 3.45. The van der Waals surface area contributed by atoms with Crippen molar-refractivity contribution >= 4 is 24.0 Å². The summed E-state index contributed by atoms with van der Waals surface area (Å²) in [6, 6.07) is 20.1. The van der Waals surface area contributed by atoms with Crippen LogP contribution in [0.25, 0.3) is 0 Å². The van der Waals surface area contributed by atoms with Gasteiger partial charge in [-0.15, -0.1) is 0 Å². The smallest absolute Gasteiger partial charge is 0.410 e. The number of hydrogen-bond acceptors (Lipinski definition) is 6. The van der Waals surface area contributed by atoms with Gasteiger partial charge < -0.3 is 19.7 Å². The molecule has 192 valence electrons. The molecular weight excluding hydrogens is 456 g/mol. The lowest BCUT2D eigenvalue weighted by Gasteiger charge is -2.32. The lowest BCUT2D eigenvalue weighted by atomic mass is 10.0. The van der Waals surface area contributed by atoms with Gasteiger partial charge in [0.25, 0.3) is 0 Å². The van der Waals surface area contributed by atoms with Crippen molar-refractivity contribution in [2.45, 2.75) is 45.4 Å². The Morgan fingerprint density at radius 1 is 1.17 bits per heavy atom. The number of ether oxygens (including phenoxy) is 1. The second-order valence-corrected chi connectivity index (χ2v) is 9.18. The summed E-state index contributed by atoms with van der Waals surface area (Å²) in [4.78, 5) is 39.5. The number of nitrogens with zero attached hydrogens (tertiary/aromatic N) is 3. The number of para-hydroxylation sites is 1. The Morgan fingerprint density at radius 2 is 1.78 bits per heavy atom. The van der Waals surface area contributed by atoms with Gasteiger partial charge in [0.15, 0.2) is 0 Å². The predicted molar refractivity (Wildman–Crippen MR) is 139 cm³/mol. The molecular formula is C28H36N4O4. The molecule has 36 heavy (non-hydrogen) atoms. The van der Waals surface area contributed by atoms with Crippen molar-refractivity contribution in [3.63, 3.8) is 0 Å². The Bertz CT molecular complexity index is 1010. The number of rotatable bonds is 8. The quantitative estimate of drug-likeness (QED) is 0.550. The largest absolute Gasteiger partial charge is 0.445 e. The molecule has 3 rings (SSSR count). The number of likely N-dealkylation sites (N-methyl/N-ethyl adjacent to an activating group) is 1. The minimum Gasteiger partial charge on any atom is -0.445 e. The van der Waals surface area contributed by atoms with Gasteiger partial charge in [-0.2, -0.15) is 5.26 Å². The highest BCUT2D eigenvalue weighted by molar-refractivity contribution is 5.86. The molecule has 8 heteroatoms. The van der Waals surface area contributed by atoms with E-state index in [1.54, 1.807) is 0 Å². The van der Waals surface area contributed by atoms with Gasteiger partial charge in [0.1, 0.15) is 25.0 Å². The summed E-state index contributed by atoms with van der Waals surface area (Å²) >= 11 is 0. The molecule has 3 unspecified atom stereocenters. The van der Waals surface area contributed by atoms with Gasteiger partial charge in [-0.1, -0.05) is 62.4 Å². The zero-order chi connectivity index (χ0) is 26.5.